The zero-order valence-corrected chi connectivity index (χ0v) is 24.7. The third-order valence-corrected chi connectivity index (χ3v) is 10.4. The number of carbonyl (C=O) groups excluding carboxylic acids is 2. The maximum Gasteiger partial charge on any atom is 0.246 e. The van der Waals surface area contributed by atoms with Gasteiger partial charge in [0.2, 0.25) is 11.8 Å². The van der Waals surface area contributed by atoms with Gasteiger partial charge in [-0.3, -0.25) is 14.5 Å². The van der Waals surface area contributed by atoms with Crippen molar-refractivity contribution in [2.24, 2.45) is 0 Å². The second-order valence-electron chi connectivity index (χ2n) is 13.3. The highest BCUT2D eigenvalue weighted by atomic mass is 16.3. The zero-order valence-electron chi connectivity index (χ0n) is 24.7. The van der Waals surface area contributed by atoms with E-state index in [0.717, 1.165) is 64.6 Å². The fraction of sp³-hybridized carbons (Fsp3) is 0.600. The van der Waals surface area contributed by atoms with Crippen LogP contribution in [0, 0.1) is 0 Å². The van der Waals surface area contributed by atoms with Crippen LogP contribution in [0.15, 0.2) is 54.6 Å². The maximum atomic E-state index is 13.8. The summed E-state index contributed by atoms with van der Waals surface area (Å²) in [6.07, 6.45) is 9.30. The van der Waals surface area contributed by atoms with Crippen molar-refractivity contribution in [1.29, 1.82) is 0 Å². The van der Waals surface area contributed by atoms with Crippen LogP contribution in [0.2, 0.25) is 0 Å². The normalized spacial score (nSPS) is 27.6. The number of nitrogens with zero attached hydrogens (tertiary/aromatic N) is 2. The van der Waals surface area contributed by atoms with Gasteiger partial charge in [-0.25, -0.2) is 0 Å². The standard InChI is InChI=1S/C35H47N3O3/c1-2-3-20-38-32(39)31(24-34(41)16-8-5-9-17-34)36-33(40)35(38)18-21-37(22-19-35)25-26-12-14-28(15-13-26)30-23-29(30)27-10-6-4-7-11-27/h4,6-7,10-15,29-31,41H,2-3,5,8-9,16-25H2,1H3,(H,36,40)/t29?,30?,31-/m1/s1. The Labute approximate surface area is 245 Å². The van der Waals surface area contributed by atoms with Gasteiger partial charge < -0.3 is 15.3 Å². The Morgan fingerprint density at radius 1 is 0.878 bits per heavy atom. The monoisotopic (exact) mass is 557 g/mol. The molecule has 4 fully saturated rings. The first kappa shape index (κ1) is 28.4. The Balaban J connectivity index is 1.07. The Bertz CT molecular complexity index is 1200. The van der Waals surface area contributed by atoms with Crippen LogP contribution in [0.25, 0.3) is 0 Å². The molecule has 2 heterocycles. The largest absolute Gasteiger partial charge is 0.390 e. The number of hydrogen-bond donors (Lipinski definition) is 2. The predicted octanol–water partition coefficient (Wildman–Crippen LogP) is 5.50. The van der Waals surface area contributed by atoms with Gasteiger partial charge in [-0.2, -0.15) is 0 Å². The number of nitrogens with one attached hydrogen (secondary N) is 1. The molecule has 0 radical (unpaired) electrons. The lowest BCUT2D eigenvalue weighted by Gasteiger charge is -2.52. The van der Waals surface area contributed by atoms with E-state index < -0.39 is 17.2 Å². The summed E-state index contributed by atoms with van der Waals surface area (Å²) in [5, 5.41) is 14.3. The number of piperidine rings is 1. The van der Waals surface area contributed by atoms with Crippen molar-refractivity contribution < 1.29 is 14.7 Å². The molecule has 6 heteroatoms. The van der Waals surface area contributed by atoms with Crippen LogP contribution in [0.4, 0.5) is 0 Å². The third-order valence-electron chi connectivity index (χ3n) is 10.4. The SMILES string of the molecule is CCCCN1C(=O)[C@@H](CC2(O)CCCCC2)NC(=O)C12CCN(Cc1ccc(C3CC3c3ccccc3)cc1)CC2. The lowest BCUT2D eigenvalue weighted by Crippen LogP contribution is -2.73. The second kappa shape index (κ2) is 11.9. The molecule has 2 amide bonds. The summed E-state index contributed by atoms with van der Waals surface area (Å²) in [5.41, 5.74) is 2.56. The minimum Gasteiger partial charge on any atom is -0.390 e. The Kier molecular flexibility index (Phi) is 8.24. The number of likely N-dealkylation sites (tertiary alicyclic amines) is 1. The van der Waals surface area contributed by atoms with E-state index in [1.807, 2.05) is 4.90 Å². The van der Waals surface area contributed by atoms with Crippen molar-refractivity contribution in [3.8, 4) is 0 Å². The van der Waals surface area contributed by atoms with Crippen molar-refractivity contribution in [3.63, 3.8) is 0 Å². The molecule has 6 nitrogen and oxygen atoms in total. The number of aliphatic hydroxyl groups is 1. The quantitative estimate of drug-likeness (QED) is 0.427. The molecular formula is C35H47N3O3. The molecule has 2 saturated heterocycles. The summed E-state index contributed by atoms with van der Waals surface area (Å²) in [5.74, 6) is 1.26. The first-order valence-corrected chi connectivity index (χ1v) is 16.1. The molecule has 2 aromatic carbocycles. The zero-order chi connectivity index (χ0) is 28.5. The van der Waals surface area contributed by atoms with Gasteiger partial charge in [-0.05, 0) is 67.1 Å². The highest BCUT2D eigenvalue weighted by Crippen LogP contribution is 2.54. The summed E-state index contributed by atoms with van der Waals surface area (Å²) in [7, 11) is 0. The molecule has 2 saturated carbocycles. The van der Waals surface area contributed by atoms with Crippen LogP contribution in [0.3, 0.4) is 0 Å². The average molecular weight is 558 g/mol. The fourth-order valence-corrected chi connectivity index (χ4v) is 7.79. The molecule has 2 aliphatic carbocycles. The molecule has 2 aromatic rings. The number of piperazine rings is 1. The topological polar surface area (TPSA) is 72.9 Å². The smallest absolute Gasteiger partial charge is 0.246 e. The molecular weight excluding hydrogens is 510 g/mol. The van der Waals surface area contributed by atoms with Gasteiger partial charge in [-0.1, -0.05) is 87.2 Å². The van der Waals surface area contributed by atoms with Gasteiger partial charge in [0.25, 0.3) is 0 Å². The average Bonchev–Trinajstić information content (AvgIpc) is 3.79. The van der Waals surface area contributed by atoms with E-state index in [1.54, 1.807) is 0 Å². The number of carbonyl (C=O) groups is 2. The van der Waals surface area contributed by atoms with Crippen molar-refractivity contribution in [2.75, 3.05) is 19.6 Å². The highest BCUT2D eigenvalue weighted by molar-refractivity contribution is 6.00. The number of amides is 2. The van der Waals surface area contributed by atoms with Crippen LogP contribution in [-0.4, -0.2) is 63.5 Å². The molecule has 0 bridgehead atoms. The Morgan fingerprint density at radius 2 is 1.54 bits per heavy atom. The lowest BCUT2D eigenvalue weighted by atomic mass is 9.77. The van der Waals surface area contributed by atoms with E-state index in [-0.39, 0.29) is 11.8 Å². The van der Waals surface area contributed by atoms with E-state index in [9.17, 15) is 14.7 Å². The first-order valence-electron chi connectivity index (χ1n) is 16.1. The molecule has 4 aliphatic rings. The van der Waals surface area contributed by atoms with E-state index in [2.05, 4.69) is 71.7 Å². The Morgan fingerprint density at radius 3 is 2.20 bits per heavy atom. The summed E-state index contributed by atoms with van der Waals surface area (Å²) < 4.78 is 0. The Hall–Kier alpha value is -2.70. The van der Waals surface area contributed by atoms with Crippen LogP contribution in [-0.2, 0) is 16.1 Å². The molecule has 2 unspecified atom stereocenters. The second-order valence-corrected chi connectivity index (χ2v) is 13.3. The van der Waals surface area contributed by atoms with Gasteiger partial charge >= 0.3 is 0 Å². The van der Waals surface area contributed by atoms with Crippen molar-refractivity contribution in [2.45, 2.75) is 113 Å². The van der Waals surface area contributed by atoms with Crippen molar-refractivity contribution >= 4 is 11.8 Å². The molecule has 220 valence electrons. The highest BCUT2D eigenvalue weighted by Gasteiger charge is 2.54. The first-order chi connectivity index (χ1) is 19.9. The minimum absolute atomic E-state index is 0.00923. The van der Waals surface area contributed by atoms with Gasteiger partial charge in [-0.15, -0.1) is 0 Å². The molecule has 1 spiro atoms. The number of rotatable bonds is 9. The molecule has 0 aromatic heterocycles. The van der Waals surface area contributed by atoms with Gasteiger partial charge in [0.1, 0.15) is 11.6 Å². The van der Waals surface area contributed by atoms with Gasteiger partial charge in [0, 0.05) is 32.6 Å². The van der Waals surface area contributed by atoms with E-state index in [0.29, 0.717) is 37.6 Å². The molecule has 2 N–H and O–H groups in total. The number of benzene rings is 2. The van der Waals surface area contributed by atoms with Crippen LogP contribution >= 0.6 is 0 Å². The predicted molar refractivity (Wildman–Crippen MR) is 161 cm³/mol. The van der Waals surface area contributed by atoms with Crippen molar-refractivity contribution in [3.05, 3.63) is 71.3 Å². The van der Waals surface area contributed by atoms with E-state index in [1.165, 1.54) is 23.1 Å². The summed E-state index contributed by atoms with van der Waals surface area (Å²) >= 11 is 0. The van der Waals surface area contributed by atoms with Crippen molar-refractivity contribution in [1.82, 2.24) is 15.1 Å². The van der Waals surface area contributed by atoms with Crippen LogP contribution in [0.1, 0.15) is 106 Å². The molecule has 6 rings (SSSR count). The minimum atomic E-state index is -0.840. The lowest BCUT2D eigenvalue weighted by molar-refractivity contribution is -0.163. The maximum absolute atomic E-state index is 13.8. The molecule has 2 aliphatic heterocycles. The summed E-state index contributed by atoms with van der Waals surface area (Å²) in [4.78, 5) is 31.9. The molecule has 3 atom stereocenters. The van der Waals surface area contributed by atoms with Crippen LogP contribution < -0.4 is 5.32 Å². The third kappa shape index (κ3) is 5.96. The fourth-order valence-electron chi connectivity index (χ4n) is 7.79. The summed E-state index contributed by atoms with van der Waals surface area (Å²) in [6, 6.07) is 19.4. The van der Waals surface area contributed by atoms with Gasteiger partial charge in [0.05, 0.1) is 5.60 Å². The summed E-state index contributed by atoms with van der Waals surface area (Å²) in [6.45, 7) is 5.19. The van der Waals surface area contributed by atoms with Gasteiger partial charge in [0.15, 0.2) is 0 Å². The number of unbranched alkanes of at least 4 members (excludes halogenated alkanes) is 1. The molecule has 41 heavy (non-hydrogen) atoms. The number of hydrogen-bond acceptors (Lipinski definition) is 4. The van der Waals surface area contributed by atoms with E-state index >= 15 is 0 Å². The van der Waals surface area contributed by atoms with E-state index in [4.69, 9.17) is 0 Å². The van der Waals surface area contributed by atoms with Crippen LogP contribution in [0.5, 0.6) is 0 Å².